The number of nitrogens with zero attached hydrogens (tertiary/aromatic N) is 5. The lowest BCUT2D eigenvalue weighted by atomic mass is 10.1. The van der Waals surface area contributed by atoms with Crippen LogP contribution < -0.4 is 0 Å². The Morgan fingerprint density at radius 3 is 2.62 bits per heavy atom. The van der Waals surface area contributed by atoms with Crippen LogP contribution in [0.3, 0.4) is 0 Å². The molecule has 1 aromatic carbocycles. The van der Waals surface area contributed by atoms with Crippen LogP contribution in [0.2, 0.25) is 0 Å². The van der Waals surface area contributed by atoms with Crippen LogP contribution in [0.5, 0.6) is 0 Å². The zero-order chi connectivity index (χ0) is 14.8. The number of aliphatic carboxylic acids is 1. The monoisotopic (exact) mass is 287 g/mol. The second kappa shape index (κ2) is 5.31. The quantitative estimate of drug-likeness (QED) is 0.874. The Morgan fingerprint density at radius 2 is 2.00 bits per heavy atom. The molecule has 0 radical (unpaired) electrons. The maximum atomic E-state index is 12.4. The lowest BCUT2D eigenvalue weighted by Crippen LogP contribution is -2.40. The number of aromatic nitrogens is 4. The van der Waals surface area contributed by atoms with Crippen LogP contribution in [0.1, 0.15) is 23.2 Å². The normalized spacial score (nSPS) is 17.9. The highest BCUT2D eigenvalue weighted by molar-refractivity contribution is 5.97. The van der Waals surface area contributed by atoms with Gasteiger partial charge in [0.05, 0.1) is 5.69 Å². The van der Waals surface area contributed by atoms with Crippen molar-refractivity contribution in [2.45, 2.75) is 18.9 Å². The molecule has 2 heterocycles. The van der Waals surface area contributed by atoms with E-state index in [0.29, 0.717) is 24.9 Å². The van der Waals surface area contributed by atoms with Crippen molar-refractivity contribution in [3.05, 3.63) is 36.2 Å². The summed E-state index contributed by atoms with van der Waals surface area (Å²) in [5.41, 5.74) is 1.19. The molecule has 1 aromatic heterocycles. The number of likely N-dealkylation sites (tertiary alicyclic amines) is 1. The maximum Gasteiger partial charge on any atom is 0.326 e. The summed E-state index contributed by atoms with van der Waals surface area (Å²) in [6, 6.07) is 6.01. The summed E-state index contributed by atoms with van der Waals surface area (Å²) in [6.45, 7) is 0.477. The predicted molar refractivity (Wildman–Crippen MR) is 70.8 cm³/mol. The van der Waals surface area contributed by atoms with E-state index in [1.807, 2.05) is 0 Å². The molecule has 1 aliphatic heterocycles. The second-order valence-electron chi connectivity index (χ2n) is 4.80. The van der Waals surface area contributed by atoms with Gasteiger partial charge in [-0.25, -0.2) is 9.48 Å². The number of tetrazole rings is 1. The zero-order valence-corrected chi connectivity index (χ0v) is 11.1. The Hall–Kier alpha value is -2.77. The standard InChI is InChI=1S/C13H13N5O3/c19-12(17-7-1-2-11(17)13(20)21)9-3-5-10(6-4-9)18-8-14-15-16-18/h3-6,8,11H,1-2,7H2,(H,20,21)/t11-/m1/s1. The molecular formula is C13H13N5O3. The smallest absolute Gasteiger partial charge is 0.326 e. The Balaban J connectivity index is 1.80. The molecular weight excluding hydrogens is 274 g/mol. The van der Waals surface area contributed by atoms with Gasteiger partial charge in [-0.2, -0.15) is 0 Å². The van der Waals surface area contributed by atoms with E-state index in [1.165, 1.54) is 15.9 Å². The molecule has 108 valence electrons. The van der Waals surface area contributed by atoms with Gasteiger partial charge in [0.2, 0.25) is 0 Å². The van der Waals surface area contributed by atoms with Crippen molar-refractivity contribution in [3.8, 4) is 5.69 Å². The summed E-state index contributed by atoms with van der Waals surface area (Å²) >= 11 is 0. The molecule has 1 amide bonds. The molecule has 8 heteroatoms. The summed E-state index contributed by atoms with van der Waals surface area (Å²) < 4.78 is 1.48. The number of carbonyl (C=O) groups is 2. The van der Waals surface area contributed by atoms with Gasteiger partial charge < -0.3 is 10.0 Å². The molecule has 1 N–H and O–H groups in total. The summed E-state index contributed by atoms with van der Waals surface area (Å²) in [5, 5.41) is 20.0. The lowest BCUT2D eigenvalue weighted by Gasteiger charge is -2.21. The molecule has 1 atom stereocenters. The lowest BCUT2D eigenvalue weighted by molar-refractivity contribution is -0.141. The second-order valence-corrected chi connectivity index (χ2v) is 4.80. The van der Waals surface area contributed by atoms with Gasteiger partial charge in [0, 0.05) is 12.1 Å². The van der Waals surface area contributed by atoms with Crippen LogP contribution in [0.25, 0.3) is 5.69 Å². The highest BCUT2D eigenvalue weighted by Gasteiger charge is 2.34. The molecule has 8 nitrogen and oxygen atoms in total. The van der Waals surface area contributed by atoms with E-state index in [0.717, 1.165) is 5.69 Å². The fourth-order valence-electron chi connectivity index (χ4n) is 2.47. The van der Waals surface area contributed by atoms with E-state index in [1.54, 1.807) is 24.3 Å². The fraction of sp³-hybridized carbons (Fsp3) is 0.308. The highest BCUT2D eigenvalue weighted by atomic mass is 16.4. The van der Waals surface area contributed by atoms with Crippen LogP contribution in [0.15, 0.2) is 30.6 Å². The molecule has 0 bridgehead atoms. The summed E-state index contributed by atoms with van der Waals surface area (Å²) in [6.07, 6.45) is 2.67. The van der Waals surface area contributed by atoms with Gasteiger partial charge >= 0.3 is 5.97 Å². The Kier molecular flexibility index (Phi) is 3.35. The Morgan fingerprint density at radius 1 is 1.24 bits per heavy atom. The SMILES string of the molecule is O=C(O)[C@H]1CCCN1C(=O)c1ccc(-n2cnnn2)cc1. The molecule has 3 rings (SSSR count). The van der Waals surface area contributed by atoms with Crippen LogP contribution in [-0.2, 0) is 4.79 Å². The van der Waals surface area contributed by atoms with Gasteiger partial charge in [-0.3, -0.25) is 4.79 Å². The minimum atomic E-state index is -0.953. The Bertz CT molecular complexity index is 653. The van der Waals surface area contributed by atoms with Gasteiger partial charge in [-0.05, 0) is 47.5 Å². The largest absolute Gasteiger partial charge is 0.480 e. The van der Waals surface area contributed by atoms with Gasteiger partial charge in [0.15, 0.2) is 0 Å². The van der Waals surface area contributed by atoms with Gasteiger partial charge in [0.25, 0.3) is 5.91 Å². The fourth-order valence-corrected chi connectivity index (χ4v) is 2.47. The molecule has 1 saturated heterocycles. The van der Waals surface area contributed by atoms with Crippen LogP contribution in [-0.4, -0.2) is 54.7 Å². The Labute approximate surface area is 120 Å². The molecule has 1 fully saturated rings. The molecule has 21 heavy (non-hydrogen) atoms. The van der Waals surface area contributed by atoms with E-state index in [-0.39, 0.29) is 5.91 Å². The van der Waals surface area contributed by atoms with Crippen molar-refractivity contribution in [2.24, 2.45) is 0 Å². The topological polar surface area (TPSA) is 101 Å². The van der Waals surface area contributed by atoms with Crippen molar-refractivity contribution in [1.82, 2.24) is 25.1 Å². The van der Waals surface area contributed by atoms with Crippen LogP contribution in [0, 0.1) is 0 Å². The van der Waals surface area contributed by atoms with E-state index in [4.69, 9.17) is 5.11 Å². The van der Waals surface area contributed by atoms with E-state index in [9.17, 15) is 9.59 Å². The summed E-state index contributed by atoms with van der Waals surface area (Å²) in [7, 11) is 0. The number of amides is 1. The molecule has 0 saturated carbocycles. The first-order valence-corrected chi connectivity index (χ1v) is 6.54. The van der Waals surface area contributed by atoms with Gasteiger partial charge in [-0.1, -0.05) is 0 Å². The number of carboxylic acids is 1. The molecule has 0 aliphatic carbocycles. The molecule has 0 spiro atoms. The van der Waals surface area contributed by atoms with E-state index in [2.05, 4.69) is 15.5 Å². The van der Waals surface area contributed by atoms with Gasteiger partial charge in [-0.15, -0.1) is 5.10 Å². The molecule has 0 unspecified atom stereocenters. The third kappa shape index (κ3) is 2.47. The summed E-state index contributed by atoms with van der Waals surface area (Å²) in [5.74, 6) is -1.21. The maximum absolute atomic E-state index is 12.4. The average Bonchev–Trinajstić information content (AvgIpc) is 3.18. The van der Waals surface area contributed by atoms with E-state index >= 15 is 0 Å². The van der Waals surface area contributed by atoms with Gasteiger partial charge in [0.1, 0.15) is 12.4 Å². The first-order chi connectivity index (χ1) is 10.2. The van der Waals surface area contributed by atoms with Crippen molar-refractivity contribution in [1.29, 1.82) is 0 Å². The van der Waals surface area contributed by atoms with Crippen molar-refractivity contribution < 1.29 is 14.7 Å². The van der Waals surface area contributed by atoms with E-state index < -0.39 is 12.0 Å². The number of carboxylic acid groups (broad SMARTS) is 1. The number of benzene rings is 1. The first-order valence-electron chi connectivity index (χ1n) is 6.54. The molecule has 1 aliphatic rings. The van der Waals surface area contributed by atoms with Crippen molar-refractivity contribution in [3.63, 3.8) is 0 Å². The summed E-state index contributed by atoms with van der Waals surface area (Å²) in [4.78, 5) is 24.9. The predicted octanol–water partition coefficient (Wildman–Crippen LogP) is 0.351. The number of hydrogen-bond donors (Lipinski definition) is 1. The number of rotatable bonds is 3. The minimum absolute atomic E-state index is 0.261. The highest BCUT2D eigenvalue weighted by Crippen LogP contribution is 2.20. The number of carbonyl (C=O) groups excluding carboxylic acids is 1. The molecule has 2 aromatic rings. The zero-order valence-electron chi connectivity index (χ0n) is 11.1. The average molecular weight is 287 g/mol. The van der Waals surface area contributed by atoms with Crippen molar-refractivity contribution >= 4 is 11.9 Å². The minimum Gasteiger partial charge on any atom is -0.480 e. The first kappa shape index (κ1) is 13.2. The third-order valence-electron chi connectivity index (χ3n) is 3.53. The third-order valence-corrected chi connectivity index (χ3v) is 3.53. The number of hydrogen-bond acceptors (Lipinski definition) is 5. The van der Waals surface area contributed by atoms with Crippen LogP contribution >= 0.6 is 0 Å². The van der Waals surface area contributed by atoms with Crippen LogP contribution in [0.4, 0.5) is 0 Å². The van der Waals surface area contributed by atoms with Crippen molar-refractivity contribution in [2.75, 3.05) is 6.54 Å².